The highest BCUT2D eigenvalue weighted by Gasteiger charge is 2.48. The van der Waals surface area contributed by atoms with Gasteiger partial charge in [0.25, 0.3) is 6.71 Å². The third kappa shape index (κ3) is 6.96. The van der Waals surface area contributed by atoms with Gasteiger partial charge in [-0.3, -0.25) is 0 Å². The maximum Gasteiger partial charge on any atom is 0.297 e. The zero-order chi connectivity index (χ0) is 44.0. The van der Waals surface area contributed by atoms with E-state index in [4.69, 9.17) is 4.42 Å². The van der Waals surface area contributed by atoms with Gasteiger partial charge in [0.2, 0.25) is 0 Å². The molecule has 0 unspecified atom stereocenters. The Kier molecular flexibility index (Phi) is 10.6. The number of furan rings is 1. The molecular weight excluding hydrogens is 739 g/mol. The first-order valence-electron chi connectivity index (χ1n) is 23.4. The van der Waals surface area contributed by atoms with Gasteiger partial charge in [0, 0.05) is 33.8 Å². The van der Waals surface area contributed by atoms with Crippen molar-refractivity contribution in [2.24, 2.45) is 0 Å². The van der Waals surface area contributed by atoms with Gasteiger partial charge < -0.3 is 14.2 Å². The van der Waals surface area contributed by atoms with Gasteiger partial charge in [0.05, 0.1) is 11.3 Å². The fourth-order valence-electron chi connectivity index (χ4n) is 9.41. The van der Waals surface area contributed by atoms with Crippen LogP contribution in [-0.2, 0) is 27.1 Å². The van der Waals surface area contributed by atoms with Crippen LogP contribution in [0.15, 0.2) is 101 Å². The van der Waals surface area contributed by atoms with Crippen LogP contribution in [0.3, 0.4) is 0 Å². The van der Waals surface area contributed by atoms with Gasteiger partial charge in [-0.15, -0.1) is 0 Å². The normalized spacial score (nSPS) is 14.4. The van der Waals surface area contributed by atoms with Crippen LogP contribution in [0, 0.1) is 0 Å². The first-order valence-corrected chi connectivity index (χ1v) is 23.4. The zero-order valence-corrected chi connectivity index (χ0v) is 40.2. The van der Waals surface area contributed by atoms with E-state index in [9.17, 15) is 0 Å². The topological polar surface area (TPSA) is 19.6 Å². The summed E-state index contributed by atoms with van der Waals surface area (Å²) < 4.78 is 7.44. The lowest BCUT2D eigenvalue weighted by molar-refractivity contribution is 0.505. The van der Waals surface area contributed by atoms with Gasteiger partial charge in [-0.25, -0.2) is 0 Å². The molecule has 0 aliphatic carbocycles. The fraction of sp³-hybridized carbons (Fsp3) is 0.439. The Morgan fingerprint density at radius 2 is 0.836 bits per heavy atom. The quantitative estimate of drug-likeness (QED) is 0.115. The Labute approximate surface area is 369 Å². The van der Waals surface area contributed by atoms with Gasteiger partial charge >= 0.3 is 0 Å². The van der Waals surface area contributed by atoms with Crippen molar-refractivity contribution in [1.82, 2.24) is 0 Å². The Hall–Kier alpha value is -4.70. The molecule has 6 aromatic rings. The largest absolute Gasteiger partial charge is 0.468 e. The molecule has 3 heterocycles. The summed E-state index contributed by atoms with van der Waals surface area (Å²) in [6.45, 7) is 35.1. The molecule has 0 saturated heterocycles. The average Bonchev–Trinajstić information content (AvgIpc) is 3.64. The predicted molar refractivity (Wildman–Crippen MR) is 267 cm³/mol. The molecule has 61 heavy (non-hydrogen) atoms. The fourth-order valence-corrected chi connectivity index (χ4v) is 9.41. The molecule has 5 aromatic carbocycles. The molecule has 0 spiro atoms. The summed E-state index contributed by atoms with van der Waals surface area (Å²) in [5.41, 5.74) is 18.8. The molecule has 8 rings (SSSR count). The summed E-state index contributed by atoms with van der Waals surface area (Å²) in [6.07, 6.45) is 5.29. The first kappa shape index (κ1) is 43.0. The van der Waals surface area contributed by atoms with E-state index in [1.807, 2.05) is 0 Å². The average molecular weight is 811 g/mol. The number of anilines is 6. The van der Waals surface area contributed by atoms with E-state index < -0.39 is 0 Å². The van der Waals surface area contributed by atoms with E-state index in [1.165, 1.54) is 72.6 Å². The molecule has 0 amide bonds. The summed E-state index contributed by atoms with van der Waals surface area (Å²) in [6, 6.07) is 38.3. The van der Waals surface area contributed by atoms with E-state index in [0.29, 0.717) is 0 Å². The van der Waals surface area contributed by atoms with Crippen LogP contribution >= 0.6 is 0 Å². The molecule has 0 radical (unpaired) electrons. The minimum absolute atomic E-state index is 0.0113. The monoisotopic (exact) mass is 811 g/mol. The molecule has 0 saturated carbocycles. The molecule has 0 N–H and O–H groups in total. The zero-order valence-electron chi connectivity index (χ0n) is 40.2. The van der Waals surface area contributed by atoms with Gasteiger partial charge in [-0.1, -0.05) is 146 Å². The van der Waals surface area contributed by atoms with E-state index in [0.717, 1.165) is 49.0 Å². The molecule has 318 valence electrons. The van der Waals surface area contributed by atoms with Crippen LogP contribution in [-0.4, -0.2) is 6.71 Å². The Morgan fingerprint density at radius 1 is 0.426 bits per heavy atom. The van der Waals surface area contributed by atoms with E-state index in [2.05, 4.69) is 211 Å². The van der Waals surface area contributed by atoms with Crippen molar-refractivity contribution >= 4 is 68.4 Å². The number of nitrogens with zero attached hydrogens (tertiary/aromatic N) is 2. The second-order valence-electron chi connectivity index (χ2n) is 21.6. The van der Waals surface area contributed by atoms with Crippen molar-refractivity contribution < 1.29 is 4.42 Å². The maximum atomic E-state index is 7.44. The molecule has 3 nitrogen and oxygen atoms in total. The number of rotatable bonds is 12. The van der Waals surface area contributed by atoms with Gasteiger partial charge in [-0.2, -0.15) is 0 Å². The lowest BCUT2D eigenvalue weighted by atomic mass is 9.35. The maximum absolute atomic E-state index is 7.44. The highest BCUT2D eigenvalue weighted by Crippen LogP contribution is 2.50. The van der Waals surface area contributed by atoms with Crippen molar-refractivity contribution in [1.29, 1.82) is 0 Å². The number of hydrogen-bond acceptors (Lipinski definition) is 3. The van der Waals surface area contributed by atoms with Crippen LogP contribution in [0.5, 0.6) is 0 Å². The standard InChI is InChI=1S/C57H71BN2O/c1-16-53(6,7)37-21-27-42(28-22-37)59-46-32-26-39(55(10,11)18-3)33-45(46)58-50-47(59)34-41(57(14,15)20-5)35-48(50)60(43-29-23-38(24-30-43)54(8,9)17-2)51-44-31-25-40(56(12,13)19-4)36-49(44)61-52(51)58/h21-36H,16-20H2,1-15H3. The number of hydrogen-bond donors (Lipinski definition) is 0. The van der Waals surface area contributed by atoms with Crippen LogP contribution in [0.25, 0.3) is 11.0 Å². The van der Waals surface area contributed by atoms with Gasteiger partial charge in [-0.05, 0) is 153 Å². The SMILES string of the molecule is CCC(C)(C)c1ccc(N2c3ccc(C(C)(C)CC)cc3B3c4oc5cc(C(C)(C)CC)ccc5c4N(c4ccc(C(C)(C)CC)cc4)c4cc(C(C)(C)CC)cc2c43)cc1. The van der Waals surface area contributed by atoms with Crippen molar-refractivity contribution in [3.63, 3.8) is 0 Å². The second-order valence-corrected chi connectivity index (χ2v) is 21.6. The van der Waals surface area contributed by atoms with E-state index in [1.54, 1.807) is 0 Å². The Bertz CT molecular complexity index is 2600. The third-order valence-corrected chi connectivity index (χ3v) is 16.2. The van der Waals surface area contributed by atoms with Gasteiger partial charge in [0.15, 0.2) is 0 Å². The van der Waals surface area contributed by atoms with E-state index >= 15 is 0 Å². The highest BCUT2D eigenvalue weighted by atomic mass is 16.3. The number of fused-ring (bicyclic) bond motifs is 6. The van der Waals surface area contributed by atoms with Crippen molar-refractivity contribution in [3.05, 3.63) is 125 Å². The van der Waals surface area contributed by atoms with E-state index in [-0.39, 0.29) is 33.8 Å². The molecule has 4 heteroatoms. The predicted octanol–water partition coefficient (Wildman–Crippen LogP) is 15.0. The highest BCUT2D eigenvalue weighted by molar-refractivity contribution is 7.00. The summed E-state index contributed by atoms with van der Waals surface area (Å²) in [7, 11) is 0. The second kappa shape index (κ2) is 15.0. The smallest absolute Gasteiger partial charge is 0.297 e. The van der Waals surface area contributed by atoms with Crippen LogP contribution in [0.4, 0.5) is 34.1 Å². The molecule has 2 aliphatic heterocycles. The minimum atomic E-state index is -0.0967. The summed E-state index contributed by atoms with van der Waals surface area (Å²) in [5, 5.41) is 1.17. The Morgan fingerprint density at radius 3 is 1.34 bits per heavy atom. The molecular formula is C57H71BN2O. The van der Waals surface area contributed by atoms with Crippen molar-refractivity contribution in [2.45, 2.75) is 163 Å². The minimum Gasteiger partial charge on any atom is -0.468 e. The molecule has 0 fully saturated rings. The third-order valence-electron chi connectivity index (χ3n) is 16.2. The lowest BCUT2D eigenvalue weighted by Crippen LogP contribution is -2.61. The lowest BCUT2D eigenvalue weighted by Gasteiger charge is -2.44. The van der Waals surface area contributed by atoms with Crippen molar-refractivity contribution in [3.8, 4) is 0 Å². The molecule has 2 aliphatic rings. The van der Waals surface area contributed by atoms with Crippen LogP contribution in [0.2, 0.25) is 0 Å². The number of benzene rings is 5. The molecule has 0 atom stereocenters. The first-order chi connectivity index (χ1) is 28.7. The van der Waals surface area contributed by atoms with Crippen LogP contribution in [0.1, 0.15) is 164 Å². The summed E-state index contributed by atoms with van der Waals surface area (Å²) in [5.74, 6) is 0. The van der Waals surface area contributed by atoms with Crippen molar-refractivity contribution in [2.75, 3.05) is 9.80 Å². The Balaban J connectivity index is 1.51. The van der Waals surface area contributed by atoms with Gasteiger partial charge in [0.1, 0.15) is 5.58 Å². The summed E-state index contributed by atoms with van der Waals surface area (Å²) in [4.78, 5) is 5.14. The molecule has 1 aromatic heterocycles. The van der Waals surface area contributed by atoms with Crippen LogP contribution < -0.4 is 26.4 Å². The summed E-state index contributed by atoms with van der Waals surface area (Å²) >= 11 is 0. The molecule has 0 bridgehead atoms.